The lowest BCUT2D eigenvalue weighted by Crippen LogP contribution is -2.49. The number of piperidine rings is 1. The Morgan fingerprint density at radius 2 is 1.82 bits per heavy atom. The second-order valence-corrected chi connectivity index (χ2v) is 9.37. The third kappa shape index (κ3) is 3.08. The molecule has 0 radical (unpaired) electrons. The van der Waals surface area contributed by atoms with Crippen LogP contribution in [0.15, 0.2) is 42.7 Å². The molecule has 5 heterocycles. The molecule has 3 aromatic heterocycles. The Morgan fingerprint density at radius 1 is 1.06 bits per heavy atom. The molecule has 6 rings (SSSR count). The summed E-state index contributed by atoms with van der Waals surface area (Å²) in [6, 6.07) is 7.63. The predicted octanol–water partition coefficient (Wildman–Crippen LogP) is 5.36. The normalized spacial score (nSPS) is 19.5. The van der Waals surface area contributed by atoms with Gasteiger partial charge in [0, 0.05) is 42.1 Å². The van der Waals surface area contributed by atoms with Crippen molar-refractivity contribution in [1.29, 1.82) is 0 Å². The number of halogens is 3. The Balaban J connectivity index is 1.42. The molecule has 34 heavy (non-hydrogen) atoms. The molecule has 2 bridgehead atoms. The van der Waals surface area contributed by atoms with Crippen LogP contribution in [-0.2, 0) is 13.5 Å². The molecule has 174 valence electrons. The van der Waals surface area contributed by atoms with Crippen molar-refractivity contribution in [3.05, 3.63) is 82.6 Å². The number of carbonyl (C=O) groups is 1. The highest BCUT2D eigenvalue weighted by Gasteiger charge is 2.43. The fraction of sp³-hybridized carbons (Fsp3) is 0.308. The lowest BCUT2D eigenvalue weighted by atomic mass is 9.81. The van der Waals surface area contributed by atoms with Crippen molar-refractivity contribution in [3.8, 4) is 11.3 Å². The van der Waals surface area contributed by atoms with E-state index in [-0.39, 0.29) is 23.6 Å². The van der Waals surface area contributed by atoms with Crippen molar-refractivity contribution in [2.75, 3.05) is 0 Å². The molecule has 0 spiro atoms. The highest BCUT2D eigenvalue weighted by Crippen LogP contribution is 2.45. The Morgan fingerprint density at radius 3 is 2.59 bits per heavy atom. The number of benzene rings is 1. The van der Waals surface area contributed by atoms with E-state index in [1.807, 2.05) is 40.8 Å². The van der Waals surface area contributed by atoms with Crippen LogP contribution in [0.5, 0.6) is 0 Å². The van der Waals surface area contributed by atoms with Crippen LogP contribution >= 0.6 is 0 Å². The smallest absolute Gasteiger partial charge is 0.256 e. The van der Waals surface area contributed by atoms with E-state index in [2.05, 4.69) is 11.2 Å². The second-order valence-electron chi connectivity index (χ2n) is 9.37. The minimum Gasteiger partial charge on any atom is -0.327 e. The number of fused-ring (bicyclic) bond motifs is 5. The van der Waals surface area contributed by atoms with E-state index in [1.165, 1.54) is 0 Å². The summed E-state index contributed by atoms with van der Waals surface area (Å²) in [5.41, 5.74) is 5.22. The number of aromatic nitrogens is 3. The molecule has 2 aliphatic rings. The molecule has 0 aliphatic carbocycles. The first-order chi connectivity index (χ1) is 16.3. The standard InChI is InChI=1S/C26H23F3N4O/c1-14-8-17-7-6-15(13-32(17)12-14)26(34)33-18-4-3-5-22(33)24-19(11-18)25(31(2)30-24)16-9-20(27)23(29)21(28)10-16/h6-10,12-13,18,22H,3-5,11H2,1-2H3/t18-,22+/m1/s1. The summed E-state index contributed by atoms with van der Waals surface area (Å²) in [4.78, 5) is 15.6. The Kier molecular flexibility index (Phi) is 4.62. The van der Waals surface area contributed by atoms with Crippen molar-refractivity contribution in [2.45, 2.75) is 44.7 Å². The average molecular weight is 464 g/mol. The molecule has 0 N–H and O–H groups in total. The number of amides is 1. The van der Waals surface area contributed by atoms with Gasteiger partial charge in [-0.3, -0.25) is 9.48 Å². The van der Waals surface area contributed by atoms with E-state index < -0.39 is 17.5 Å². The van der Waals surface area contributed by atoms with Crippen molar-refractivity contribution in [2.24, 2.45) is 7.05 Å². The molecule has 0 saturated carbocycles. The molecule has 1 fully saturated rings. The number of pyridine rings is 1. The zero-order chi connectivity index (χ0) is 23.7. The summed E-state index contributed by atoms with van der Waals surface area (Å²) >= 11 is 0. The van der Waals surface area contributed by atoms with Crippen molar-refractivity contribution < 1.29 is 18.0 Å². The van der Waals surface area contributed by atoms with Crippen molar-refractivity contribution >= 4 is 11.4 Å². The van der Waals surface area contributed by atoms with Gasteiger partial charge in [0.1, 0.15) is 0 Å². The highest BCUT2D eigenvalue weighted by atomic mass is 19.2. The minimum atomic E-state index is -1.48. The van der Waals surface area contributed by atoms with Gasteiger partial charge in [-0.2, -0.15) is 5.10 Å². The van der Waals surface area contributed by atoms with Crippen LogP contribution in [-0.4, -0.2) is 31.0 Å². The first-order valence-corrected chi connectivity index (χ1v) is 11.4. The Labute approximate surface area is 194 Å². The van der Waals surface area contributed by atoms with Crippen LogP contribution in [0.4, 0.5) is 13.2 Å². The maximum atomic E-state index is 14.0. The number of hydrogen-bond donors (Lipinski definition) is 0. The molecule has 2 aliphatic heterocycles. The van der Waals surface area contributed by atoms with E-state index >= 15 is 0 Å². The fourth-order valence-corrected chi connectivity index (χ4v) is 5.73. The van der Waals surface area contributed by atoms with Crippen LogP contribution in [0.3, 0.4) is 0 Å². The molecule has 1 amide bonds. The topological polar surface area (TPSA) is 42.5 Å². The van der Waals surface area contributed by atoms with E-state index in [9.17, 15) is 18.0 Å². The summed E-state index contributed by atoms with van der Waals surface area (Å²) in [6.45, 7) is 2.02. The molecular weight excluding hydrogens is 441 g/mol. The minimum absolute atomic E-state index is 0.0420. The number of hydrogen-bond acceptors (Lipinski definition) is 2. The number of nitrogens with zero attached hydrogens (tertiary/aromatic N) is 4. The second kappa shape index (κ2) is 7.48. The van der Waals surface area contributed by atoms with Gasteiger partial charge in [-0.05, 0) is 68.5 Å². The van der Waals surface area contributed by atoms with Gasteiger partial charge < -0.3 is 9.30 Å². The van der Waals surface area contributed by atoms with Gasteiger partial charge in [-0.1, -0.05) is 0 Å². The molecule has 1 aromatic carbocycles. The average Bonchev–Trinajstić information content (AvgIpc) is 3.33. The zero-order valence-electron chi connectivity index (χ0n) is 18.9. The van der Waals surface area contributed by atoms with Crippen molar-refractivity contribution in [3.63, 3.8) is 0 Å². The van der Waals surface area contributed by atoms with Crippen LogP contribution in [0.25, 0.3) is 16.8 Å². The van der Waals surface area contributed by atoms with Gasteiger partial charge in [0.2, 0.25) is 0 Å². The largest absolute Gasteiger partial charge is 0.327 e. The molecule has 5 nitrogen and oxygen atoms in total. The Hall–Kier alpha value is -3.55. The first-order valence-electron chi connectivity index (χ1n) is 11.4. The van der Waals surface area contributed by atoms with Gasteiger partial charge in [-0.15, -0.1) is 0 Å². The molecule has 1 saturated heterocycles. The number of carbonyl (C=O) groups excluding carboxylic acids is 1. The van der Waals surface area contributed by atoms with E-state index in [0.717, 1.165) is 53.7 Å². The summed E-state index contributed by atoms with van der Waals surface area (Å²) in [5, 5.41) is 4.69. The third-order valence-electron chi connectivity index (χ3n) is 7.14. The van der Waals surface area contributed by atoms with E-state index in [0.29, 0.717) is 17.7 Å². The monoisotopic (exact) mass is 464 g/mol. The highest BCUT2D eigenvalue weighted by molar-refractivity contribution is 5.95. The zero-order valence-corrected chi connectivity index (χ0v) is 18.9. The maximum Gasteiger partial charge on any atom is 0.256 e. The van der Waals surface area contributed by atoms with Crippen LogP contribution in [0.1, 0.15) is 52.5 Å². The number of aryl methyl sites for hydroxylation is 2. The van der Waals surface area contributed by atoms with Gasteiger partial charge in [0.15, 0.2) is 17.5 Å². The molecule has 0 unspecified atom stereocenters. The Bertz CT molecular complexity index is 1450. The molecule has 2 atom stereocenters. The number of rotatable bonds is 2. The summed E-state index contributed by atoms with van der Waals surface area (Å²) in [6.07, 6.45) is 6.97. The third-order valence-corrected chi connectivity index (χ3v) is 7.14. The lowest BCUT2D eigenvalue weighted by molar-refractivity contribution is 0.0391. The fourth-order valence-electron chi connectivity index (χ4n) is 5.73. The van der Waals surface area contributed by atoms with E-state index in [4.69, 9.17) is 0 Å². The van der Waals surface area contributed by atoms with E-state index in [1.54, 1.807) is 11.7 Å². The van der Waals surface area contributed by atoms with Crippen LogP contribution in [0, 0.1) is 24.4 Å². The molecule has 8 heteroatoms. The van der Waals surface area contributed by atoms with Gasteiger partial charge in [0.05, 0.1) is 23.0 Å². The van der Waals surface area contributed by atoms with Gasteiger partial charge in [0.25, 0.3) is 5.91 Å². The van der Waals surface area contributed by atoms with Gasteiger partial charge >= 0.3 is 0 Å². The maximum absolute atomic E-state index is 14.0. The quantitative estimate of drug-likeness (QED) is 0.375. The summed E-state index contributed by atoms with van der Waals surface area (Å²) < 4.78 is 45.1. The van der Waals surface area contributed by atoms with Gasteiger partial charge in [-0.25, -0.2) is 13.2 Å². The van der Waals surface area contributed by atoms with Crippen LogP contribution < -0.4 is 0 Å². The van der Waals surface area contributed by atoms with Crippen LogP contribution in [0.2, 0.25) is 0 Å². The SMILES string of the molecule is Cc1cc2ccc(C(=O)N3[C@@H]4CCC[C@H]3c3nn(C)c(-c5cc(F)c(F)c(F)c5)c3C4)cn2c1. The van der Waals surface area contributed by atoms with Crippen molar-refractivity contribution in [1.82, 2.24) is 19.1 Å². The summed E-state index contributed by atoms with van der Waals surface area (Å²) in [7, 11) is 1.71. The lowest BCUT2D eigenvalue weighted by Gasteiger charge is -2.45. The predicted molar refractivity (Wildman–Crippen MR) is 121 cm³/mol. The molecule has 4 aromatic rings. The molecular formula is C26H23F3N4O. The first kappa shape index (κ1) is 21.0. The summed E-state index contributed by atoms with van der Waals surface area (Å²) in [5.74, 6) is -3.98.